The van der Waals surface area contributed by atoms with Crippen LogP contribution in [0.15, 0.2) is 34.9 Å². The summed E-state index contributed by atoms with van der Waals surface area (Å²) in [5.74, 6) is -0.521. The zero-order chi connectivity index (χ0) is 25.2. The second-order valence-corrected chi connectivity index (χ2v) is 10.8. The van der Waals surface area contributed by atoms with Crippen molar-refractivity contribution in [3.05, 3.63) is 52.9 Å². The average molecular weight is 466 g/mol. The number of amides is 1. The number of β-amino-alcohol motifs (C(OH)–C–C–N with tert-alkyl or cyclic N) is 1. The summed E-state index contributed by atoms with van der Waals surface area (Å²) in [5, 5.41) is 23.5. The quantitative estimate of drug-likeness (QED) is 0.653. The summed E-state index contributed by atoms with van der Waals surface area (Å²) in [4.78, 5) is 28.5. The zero-order valence-electron chi connectivity index (χ0n) is 20.9. The number of benzene rings is 1. The van der Waals surface area contributed by atoms with Gasteiger partial charge in [0.05, 0.1) is 29.5 Å². The number of hydrogen-bond acceptors (Lipinski definition) is 6. The van der Waals surface area contributed by atoms with Gasteiger partial charge in [-0.05, 0) is 29.5 Å². The summed E-state index contributed by atoms with van der Waals surface area (Å²) in [6, 6.07) is 10.4. The van der Waals surface area contributed by atoms with Gasteiger partial charge in [-0.25, -0.2) is 0 Å². The molecule has 1 N–H and O–H groups in total. The number of likely N-dealkylation sites (tertiary alicyclic amines) is 1. The van der Waals surface area contributed by atoms with Gasteiger partial charge in [-0.3, -0.25) is 9.59 Å². The topological polar surface area (TPSA) is 107 Å². The average Bonchev–Trinajstić information content (AvgIpc) is 3.40. The highest BCUT2D eigenvalue weighted by atomic mass is 16.5. The minimum Gasteiger partial charge on any atom is -0.391 e. The molecule has 1 aliphatic heterocycles. The van der Waals surface area contributed by atoms with Crippen molar-refractivity contribution in [1.82, 2.24) is 10.1 Å². The molecule has 7 nitrogen and oxygen atoms in total. The number of carbonyl (C=O) groups is 2. The molecule has 4 atom stereocenters. The molecule has 1 aromatic carbocycles. The van der Waals surface area contributed by atoms with Gasteiger partial charge in [0.25, 0.3) is 0 Å². The maximum atomic E-state index is 13.7. The van der Waals surface area contributed by atoms with Crippen LogP contribution in [-0.2, 0) is 15.0 Å². The molecule has 1 saturated heterocycles. The van der Waals surface area contributed by atoms with Crippen molar-refractivity contribution in [2.75, 3.05) is 6.54 Å². The summed E-state index contributed by atoms with van der Waals surface area (Å²) in [6.07, 6.45) is -0.259. The number of Topliss-reactive ketones (excluding diaryl/α,β-unsaturated/α-hetero) is 1. The monoisotopic (exact) mass is 465 g/mol. The Morgan fingerprint density at radius 1 is 1.24 bits per heavy atom. The van der Waals surface area contributed by atoms with E-state index < -0.39 is 18.1 Å². The Labute approximate surface area is 201 Å². The first-order valence-corrected chi connectivity index (χ1v) is 11.9. The molecule has 182 valence electrons. The normalized spacial score (nSPS) is 20.3. The van der Waals surface area contributed by atoms with E-state index in [0.29, 0.717) is 11.3 Å². The predicted molar refractivity (Wildman–Crippen MR) is 128 cm³/mol. The highest BCUT2D eigenvalue weighted by molar-refractivity contribution is 5.92. The van der Waals surface area contributed by atoms with Gasteiger partial charge >= 0.3 is 0 Å². The number of nitriles is 1. The third-order valence-corrected chi connectivity index (χ3v) is 6.59. The van der Waals surface area contributed by atoms with Crippen molar-refractivity contribution in [3.63, 3.8) is 0 Å². The van der Waals surface area contributed by atoms with Gasteiger partial charge in [0.1, 0.15) is 11.7 Å². The fourth-order valence-corrected chi connectivity index (χ4v) is 4.51. The molecule has 0 bridgehead atoms. The minimum atomic E-state index is -0.740. The number of nitrogens with zero attached hydrogens (tertiary/aromatic N) is 3. The molecule has 2 aromatic rings. The van der Waals surface area contributed by atoms with Crippen LogP contribution in [0.2, 0.25) is 0 Å². The lowest BCUT2D eigenvalue weighted by Gasteiger charge is -2.29. The van der Waals surface area contributed by atoms with Gasteiger partial charge in [0.15, 0.2) is 5.78 Å². The fraction of sp³-hybridized carbons (Fsp3) is 0.556. The van der Waals surface area contributed by atoms with Gasteiger partial charge < -0.3 is 14.5 Å². The maximum Gasteiger partial charge on any atom is 0.234 e. The number of aliphatic hydroxyl groups excluding tert-OH is 1. The largest absolute Gasteiger partial charge is 0.391 e. The minimum absolute atomic E-state index is 0.0700. The SMILES string of the molecule is CC(CC(=O)C1CC(O)CN1C(=O)C(c1cc(C(C)(C)C)no1)C(C)C)c1ccc(C#N)cc1. The van der Waals surface area contributed by atoms with Gasteiger partial charge in [-0.15, -0.1) is 0 Å². The van der Waals surface area contributed by atoms with Crippen LogP contribution in [0.25, 0.3) is 0 Å². The summed E-state index contributed by atoms with van der Waals surface area (Å²) < 4.78 is 5.59. The van der Waals surface area contributed by atoms with Gasteiger partial charge in [-0.1, -0.05) is 58.8 Å². The van der Waals surface area contributed by atoms with Crippen molar-refractivity contribution in [1.29, 1.82) is 5.26 Å². The Morgan fingerprint density at radius 3 is 2.41 bits per heavy atom. The zero-order valence-corrected chi connectivity index (χ0v) is 20.9. The van der Waals surface area contributed by atoms with Crippen LogP contribution >= 0.6 is 0 Å². The van der Waals surface area contributed by atoms with E-state index in [1.165, 1.54) is 4.90 Å². The van der Waals surface area contributed by atoms with Crippen LogP contribution in [0.3, 0.4) is 0 Å². The number of aliphatic hydroxyl groups is 1. The fourth-order valence-electron chi connectivity index (χ4n) is 4.51. The van der Waals surface area contributed by atoms with Crippen molar-refractivity contribution < 1.29 is 19.2 Å². The van der Waals surface area contributed by atoms with Crippen LogP contribution in [-0.4, -0.2) is 45.5 Å². The van der Waals surface area contributed by atoms with E-state index in [4.69, 9.17) is 9.78 Å². The molecule has 0 radical (unpaired) electrons. The number of rotatable bonds is 7. The van der Waals surface area contributed by atoms with Gasteiger partial charge in [0.2, 0.25) is 5.91 Å². The first-order valence-electron chi connectivity index (χ1n) is 11.9. The Kier molecular flexibility index (Phi) is 7.62. The molecule has 34 heavy (non-hydrogen) atoms. The van der Waals surface area contributed by atoms with Crippen molar-refractivity contribution >= 4 is 11.7 Å². The highest BCUT2D eigenvalue weighted by Crippen LogP contribution is 2.34. The first-order chi connectivity index (χ1) is 15.9. The summed E-state index contributed by atoms with van der Waals surface area (Å²) in [5.41, 5.74) is 2.09. The summed E-state index contributed by atoms with van der Waals surface area (Å²) in [6.45, 7) is 12.1. The lowest BCUT2D eigenvalue weighted by atomic mass is 9.87. The molecule has 4 unspecified atom stereocenters. The summed E-state index contributed by atoms with van der Waals surface area (Å²) >= 11 is 0. The van der Waals surface area contributed by atoms with E-state index in [1.807, 2.05) is 59.7 Å². The van der Waals surface area contributed by atoms with E-state index in [-0.39, 0.29) is 48.3 Å². The van der Waals surface area contributed by atoms with Crippen LogP contribution in [0, 0.1) is 17.2 Å². The first kappa shape index (κ1) is 25.6. The van der Waals surface area contributed by atoms with Crippen molar-refractivity contribution in [2.45, 2.75) is 83.8 Å². The van der Waals surface area contributed by atoms with Crippen LogP contribution < -0.4 is 0 Å². The van der Waals surface area contributed by atoms with Crippen molar-refractivity contribution in [3.8, 4) is 6.07 Å². The molecule has 1 aromatic heterocycles. The molecular weight excluding hydrogens is 430 g/mol. The van der Waals surface area contributed by atoms with Gasteiger partial charge in [-0.2, -0.15) is 5.26 Å². The van der Waals surface area contributed by atoms with E-state index in [1.54, 1.807) is 12.1 Å². The highest BCUT2D eigenvalue weighted by Gasteiger charge is 2.43. The molecule has 0 spiro atoms. The Morgan fingerprint density at radius 2 is 1.88 bits per heavy atom. The van der Waals surface area contributed by atoms with E-state index in [2.05, 4.69) is 11.2 Å². The van der Waals surface area contributed by atoms with E-state index in [9.17, 15) is 14.7 Å². The number of ketones is 1. The number of aromatic nitrogens is 1. The molecule has 1 fully saturated rings. The standard InChI is InChI=1S/C27H35N3O4/c1-16(2)25(23-13-24(29-34-23)27(4,5)6)26(33)30-15-20(31)12-21(30)22(32)11-17(3)19-9-7-18(14-28)8-10-19/h7-10,13,16-17,20-21,25,31H,11-12,15H2,1-6H3. The summed E-state index contributed by atoms with van der Waals surface area (Å²) in [7, 11) is 0. The maximum absolute atomic E-state index is 13.7. The lowest BCUT2D eigenvalue weighted by Crippen LogP contribution is -2.44. The molecule has 7 heteroatoms. The van der Waals surface area contributed by atoms with Crippen LogP contribution in [0.1, 0.15) is 88.8 Å². The van der Waals surface area contributed by atoms with Gasteiger partial charge in [0, 0.05) is 30.9 Å². The molecule has 2 heterocycles. The predicted octanol–water partition coefficient (Wildman–Crippen LogP) is 4.31. The van der Waals surface area contributed by atoms with Crippen LogP contribution in [0.4, 0.5) is 0 Å². The van der Waals surface area contributed by atoms with E-state index in [0.717, 1.165) is 11.3 Å². The van der Waals surface area contributed by atoms with Crippen molar-refractivity contribution in [2.24, 2.45) is 5.92 Å². The third-order valence-electron chi connectivity index (χ3n) is 6.59. The molecule has 0 saturated carbocycles. The van der Waals surface area contributed by atoms with E-state index >= 15 is 0 Å². The Hall–Kier alpha value is -2.98. The molecule has 3 rings (SSSR count). The third kappa shape index (κ3) is 5.56. The molecule has 0 aliphatic carbocycles. The smallest absolute Gasteiger partial charge is 0.234 e. The second-order valence-electron chi connectivity index (χ2n) is 10.8. The number of carbonyl (C=O) groups excluding carboxylic acids is 2. The lowest BCUT2D eigenvalue weighted by molar-refractivity contribution is -0.140. The Bertz CT molecular complexity index is 1060. The molecule has 1 amide bonds. The van der Waals surface area contributed by atoms with Crippen LogP contribution in [0.5, 0.6) is 0 Å². The second kappa shape index (κ2) is 10.1. The Balaban J connectivity index is 1.79. The molecular formula is C27H35N3O4. The number of hydrogen-bond donors (Lipinski definition) is 1. The molecule has 1 aliphatic rings.